The summed E-state index contributed by atoms with van der Waals surface area (Å²) in [4.78, 5) is 18.4. The third-order valence-corrected chi connectivity index (χ3v) is 9.37. The van der Waals surface area contributed by atoms with E-state index in [2.05, 4.69) is 77.7 Å². The number of benzene rings is 2. The molecule has 180 valence electrons. The maximum atomic E-state index is 13.7. The average molecular weight is 458 g/mol. The minimum Gasteiger partial charge on any atom is -0.378 e. The highest BCUT2D eigenvalue weighted by Gasteiger charge is 2.54. The van der Waals surface area contributed by atoms with Gasteiger partial charge < -0.3 is 10.2 Å². The second-order valence-electron chi connectivity index (χ2n) is 11.9. The molecule has 0 radical (unpaired) electrons. The van der Waals surface area contributed by atoms with Crippen molar-refractivity contribution >= 4 is 11.6 Å². The van der Waals surface area contributed by atoms with Gasteiger partial charge in [0, 0.05) is 44.8 Å². The lowest BCUT2D eigenvalue weighted by Gasteiger charge is -2.55. The summed E-state index contributed by atoms with van der Waals surface area (Å²) < 4.78 is 0. The second-order valence-corrected chi connectivity index (χ2v) is 11.9. The number of nitrogens with zero attached hydrogens (tertiary/aromatic N) is 2. The maximum Gasteiger partial charge on any atom is 0.226 e. The summed E-state index contributed by atoms with van der Waals surface area (Å²) in [5, 5.41) is 3.51. The Bertz CT molecular complexity index is 1010. The molecule has 1 atom stereocenters. The smallest absolute Gasteiger partial charge is 0.226 e. The van der Waals surface area contributed by atoms with Crippen LogP contribution in [-0.2, 0) is 17.8 Å². The SMILES string of the molecule is CN(C)c1ccc([C@H](CNC(=O)C23CC4CC(CC(C4)C2)C3)N2CCc3ccccc3C2)cc1. The van der Waals surface area contributed by atoms with Gasteiger partial charge in [0.15, 0.2) is 0 Å². The molecule has 1 amide bonds. The first-order valence-corrected chi connectivity index (χ1v) is 13.4. The van der Waals surface area contributed by atoms with E-state index in [4.69, 9.17) is 0 Å². The van der Waals surface area contributed by atoms with Crippen molar-refractivity contribution in [3.63, 3.8) is 0 Å². The fourth-order valence-corrected chi connectivity index (χ4v) is 8.00. The van der Waals surface area contributed by atoms with Gasteiger partial charge in [-0.25, -0.2) is 0 Å². The molecule has 2 aromatic rings. The van der Waals surface area contributed by atoms with E-state index in [-0.39, 0.29) is 11.5 Å². The van der Waals surface area contributed by atoms with E-state index in [1.807, 2.05) is 0 Å². The van der Waals surface area contributed by atoms with Crippen LogP contribution in [0.5, 0.6) is 0 Å². The number of carbonyl (C=O) groups excluding carboxylic acids is 1. The van der Waals surface area contributed by atoms with Gasteiger partial charge >= 0.3 is 0 Å². The van der Waals surface area contributed by atoms with Crippen LogP contribution in [0.15, 0.2) is 48.5 Å². The number of amides is 1. The molecule has 0 unspecified atom stereocenters. The summed E-state index contributed by atoms with van der Waals surface area (Å²) in [6, 6.07) is 18.0. The minimum atomic E-state index is -0.0808. The molecule has 0 spiro atoms. The first-order valence-electron chi connectivity index (χ1n) is 13.4. The Kier molecular flexibility index (Phi) is 5.68. The minimum absolute atomic E-state index is 0.0808. The van der Waals surface area contributed by atoms with Crippen molar-refractivity contribution in [2.45, 2.75) is 57.5 Å². The van der Waals surface area contributed by atoms with Crippen molar-refractivity contribution < 1.29 is 4.79 Å². The Morgan fingerprint density at radius 3 is 2.21 bits per heavy atom. The molecule has 4 bridgehead atoms. The predicted octanol–water partition coefficient (Wildman–Crippen LogP) is 5.18. The third-order valence-electron chi connectivity index (χ3n) is 9.37. The molecule has 4 fully saturated rings. The molecule has 5 aliphatic rings. The van der Waals surface area contributed by atoms with Gasteiger partial charge in [0.1, 0.15) is 0 Å². The van der Waals surface area contributed by atoms with E-state index in [1.54, 1.807) is 0 Å². The Morgan fingerprint density at radius 2 is 1.59 bits per heavy atom. The third kappa shape index (κ3) is 4.04. The molecule has 1 aliphatic heterocycles. The van der Waals surface area contributed by atoms with Gasteiger partial charge in [-0.3, -0.25) is 9.69 Å². The molecular weight excluding hydrogens is 418 g/mol. The van der Waals surface area contributed by atoms with Crippen LogP contribution < -0.4 is 10.2 Å². The van der Waals surface area contributed by atoms with Gasteiger partial charge in [-0.1, -0.05) is 36.4 Å². The molecule has 4 saturated carbocycles. The lowest BCUT2D eigenvalue weighted by Crippen LogP contribution is -2.54. The fraction of sp³-hybridized carbons (Fsp3) is 0.567. The van der Waals surface area contributed by atoms with E-state index in [1.165, 1.54) is 41.6 Å². The normalized spacial score (nSPS) is 30.6. The highest BCUT2D eigenvalue weighted by Crippen LogP contribution is 2.60. The first-order chi connectivity index (χ1) is 16.5. The van der Waals surface area contributed by atoms with Crippen LogP contribution >= 0.6 is 0 Å². The zero-order valence-electron chi connectivity index (χ0n) is 20.8. The quantitative estimate of drug-likeness (QED) is 0.649. The van der Waals surface area contributed by atoms with Gasteiger partial charge in [-0.2, -0.15) is 0 Å². The van der Waals surface area contributed by atoms with Crippen molar-refractivity contribution in [1.29, 1.82) is 0 Å². The Labute approximate surface area is 204 Å². The summed E-state index contributed by atoms with van der Waals surface area (Å²) in [7, 11) is 4.17. The lowest BCUT2D eigenvalue weighted by molar-refractivity contribution is -0.146. The number of fused-ring (bicyclic) bond motifs is 1. The molecule has 0 aromatic heterocycles. The monoisotopic (exact) mass is 457 g/mol. The van der Waals surface area contributed by atoms with E-state index in [0.29, 0.717) is 12.5 Å². The number of anilines is 1. The molecule has 34 heavy (non-hydrogen) atoms. The van der Waals surface area contributed by atoms with Crippen LogP contribution in [0.4, 0.5) is 5.69 Å². The largest absolute Gasteiger partial charge is 0.378 e. The zero-order chi connectivity index (χ0) is 23.3. The summed E-state index contributed by atoms with van der Waals surface area (Å²) in [5.74, 6) is 2.74. The van der Waals surface area contributed by atoms with Crippen LogP contribution in [0, 0.1) is 23.2 Å². The van der Waals surface area contributed by atoms with Crippen molar-refractivity contribution in [3.8, 4) is 0 Å². The van der Waals surface area contributed by atoms with Crippen LogP contribution in [0.1, 0.15) is 61.3 Å². The maximum absolute atomic E-state index is 13.7. The van der Waals surface area contributed by atoms with Gasteiger partial charge in [-0.15, -0.1) is 0 Å². The number of carbonyl (C=O) groups is 1. The predicted molar refractivity (Wildman–Crippen MR) is 138 cm³/mol. The highest BCUT2D eigenvalue weighted by molar-refractivity contribution is 5.83. The molecule has 4 heteroatoms. The van der Waals surface area contributed by atoms with Crippen molar-refractivity contribution in [3.05, 3.63) is 65.2 Å². The average Bonchev–Trinajstić information content (AvgIpc) is 2.83. The van der Waals surface area contributed by atoms with Crippen molar-refractivity contribution in [2.24, 2.45) is 23.2 Å². The van der Waals surface area contributed by atoms with Gasteiger partial charge in [0.2, 0.25) is 5.91 Å². The van der Waals surface area contributed by atoms with E-state index >= 15 is 0 Å². The molecular formula is C30H39N3O. The number of hydrogen-bond acceptors (Lipinski definition) is 3. The Balaban J connectivity index is 1.22. The molecule has 4 aliphatic carbocycles. The topological polar surface area (TPSA) is 35.6 Å². The van der Waals surface area contributed by atoms with E-state index in [0.717, 1.165) is 56.5 Å². The second kappa shape index (κ2) is 8.71. The van der Waals surface area contributed by atoms with Gasteiger partial charge in [0.25, 0.3) is 0 Å². The molecule has 1 heterocycles. The highest BCUT2D eigenvalue weighted by atomic mass is 16.2. The van der Waals surface area contributed by atoms with Crippen molar-refractivity contribution in [1.82, 2.24) is 10.2 Å². The van der Waals surface area contributed by atoms with E-state index < -0.39 is 0 Å². The molecule has 0 saturated heterocycles. The first kappa shape index (κ1) is 22.2. The summed E-state index contributed by atoms with van der Waals surface area (Å²) in [6.07, 6.45) is 8.59. The zero-order valence-corrected chi connectivity index (χ0v) is 20.8. The van der Waals surface area contributed by atoms with Crippen LogP contribution in [0.3, 0.4) is 0 Å². The number of hydrogen-bond donors (Lipinski definition) is 1. The standard InChI is InChI=1S/C30H39N3O/c1-32(2)27-9-7-25(8-10-27)28(33-12-11-24-5-3-4-6-26(24)20-33)19-31-29(34)30-16-21-13-22(17-30)15-23(14-21)18-30/h3-10,21-23,28H,11-20H2,1-2H3,(H,31,34)/t21?,22?,23?,28-,30?/m0/s1. The van der Waals surface area contributed by atoms with Gasteiger partial charge in [0.05, 0.1) is 6.04 Å². The molecule has 4 nitrogen and oxygen atoms in total. The molecule has 7 rings (SSSR count). The Hall–Kier alpha value is -2.33. The lowest BCUT2D eigenvalue weighted by atomic mass is 9.49. The van der Waals surface area contributed by atoms with Crippen molar-refractivity contribution in [2.75, 3.05) is 32.1 Å². The fourth-order valence-electron chi connectivity index (χ4n) is 8.00. The summed E-state index contributed by atoms with van der Waals surface area (Å²) in [6.45, 7) is 2.68. The van der Waals surface area contributed by atoms with Crippen LogP contribution in [-0.4, -0.2) is 38.0 Å². The van der Waals surface area contributed by atoms with Crippen LogP contribution in [0.25, 0.3) is 0 Å². The molecule has 2 aromatic carbocycles. The Morgan fingerprint density at radius 1 is 0.971 bits per heavy atom. The van der Waals surface area contributed by atoms with Crippen LogP contribution in [0.2, 0.25) is 0 Å². The number of nitrogens with one attached hydrogen (secondary N) is 1. The summed E-state index contributed by atoms with van der Waals surface area (Å²) in [5.41, 5.74) is 5.33. The molecule has 1 N–H and O–H groups in total. The summed E-state index contributed by atoms with van der Waals surface area (Å²) >= 11 is 0. The number of rotatable bonds is 6. The van der Waals surface area contributed by atoms with E-state index in [9.17, 15) is 4.79 Å². The van der Waals surface area contributed by atoms with Gasteiger partial charge in [-0.05, 0) is 91.5 Å².